The highest BCUT2D eigenvalue weighted by atomic mass is 32.1. The van der Waals surface area contributed by atoms with Crippen LogP contribution in [0.4, 0.5) is 5.69 Å². The van der Waals surface area contributed by atoms with E-state index < -0.39 is 0 Å². The van der Waals surface area contributed by atoms with Crippen LogP contribution in [0.25, 0.3) is 0 Å². The summed E-state index contributed by atoms with van der Waals surface area (Å²) in [5.41, 5.74) is 8.03. The molecule has 2 N–H and O–H groups in total. The van der Waals surface area contributed by atoms with Crippen LogP contribution in [0.5, 0.6) is 0 Å². The Balaban J connectivity index is 2.26. The minimum absolute atomic E-state index is 0.00773. The molecular formula is C16H20N2OS. The lowest BCUT2D eigenvalue weighted by Gasteiger charge is -2.25. The van der Waals surface area contributed by atoms with Crippen molar-refractivity contribution in [2.45, 2.75) is 26.8 Å². The third-order valence-electron chi connectivity index (χ3n) is 3.57. The predicted molar refractivity (Wildman–Crippen MR) is 85.2 cm³/mol. The number of hydrogen-bond acceptors (Lipinski definition) is 3. The molecule has 0 radical (unpaired) electrons. The lowest BCUT2D eigenvalue weighted by molar-refractivity contribution is 0.0744. The van der Waals surface area contributed by atoms with Gasteiger partial charge in [0.25, 0.3) is 5.91 Å². The molecule has 20 heavy (non-hydrogen) atoms. The minimum Gasteiger partial charge on any atom is -0.399 e. The largest absolute Gasteiger partial charge is 0.399 e. The molecule has 1 heterocycles. The fourth-order valence-electron chi connectivity index (χ4n) is 2.10. The molecule has 4 heteroatoms. The number of amides is 1. The summed E-state index contributed by atoms with van der Waals surface area (Å²) >= 11 is 1.73. The fourth-order valence-corrected chi connectivity index (χ4v) is 3.08. The second-order valence-corrected chi connectivity index (χ2v) is 6.43. The van der Waals surface area contributed by atoms with E-state index in [1.165, 1.54) is 9.75 Å². The van der Waals surface area contributed by atoms with Gasteiger partial charge >= 0.3 is 0 Å². The van der Waals surface area contributed by atoms with E-state index in [2.05, 4.69) is 19.1 Å². The van der Waals surface area contributed by atoms with Crippen LogP contribution in [0.3, 0.4) is 0 Å². The summed E-state index contributed by atoms with van der Waals surface area (Å²) in [6, 6.07) is 9.68. The van der Waals surface area contributed by atoms with Gasteiger partial charge in [-0.05, 0) is 50.6 Å². The highest BCUT2D eigenvalue weighted by molar-refractivity contribution is 7.12. The smallest absolute Gasteiger partial charge is 0.254 e. The van der Waals surface area contributed by atoms with Crippen molar-refractivity contribution >= 4 is 22.9 Å². The molecule has 106 valence electrons. The van der Waals surface area contributed by atoms with E-state index in [1.807, 2.05) is 33.0 Å². The van der Waals surface area contributed by atoms with Gasteiger partial charge in [0, 0.05) is 28.1 Å². The Morgan fingerprint density at radius 1 is 1.25 bits per heavy atom. The summed E-state index contributed by atoms with van der Waals surface area (Å²) in [5, 5.41) is 0. The Morgan fingerprint density at radius 2 is 1.95 bits per heavy atom. The van der Waals surface area contributed by atoms with Crippen molar-refractivity contribution in [1.82, 2.24) is 4.90 Å². The van der Waals surface area contributed by atoms with Gasteiger partial charge in [-0.1, -0.05) is 6.07 Å². The first kappa shape index (κ1) is 14.6. The van der Waals surface area contributed by atoms with E-state index in [4.69, 9.17) is 5.73 Å². The molecule has 0 aliphatic carbocycles. The monoisotopic (exact) mass is 288 g/mol. The lowest BCUT2D eigenvalue weighted by Crippen LogP contribution is -2.29. The number of thiophene rings is 1. The lowest BCUT2D eigenvalue weighted by atomic mass is 10.1. The molecule has 0 bridgehead atoms. The van der Waals surface area contributed by atoms with E-state index in [1.54, 1.807) is 22.3 Å². The van der Waals surface area contributed by atoms with Crippen molar-refractivity contribution in [1.29, 1.82) is 0 Å². The summed E-state index contributed by atoms with van der Waals surface area (Å²) in [6.45, 7) is 6.05. The average molecular weight is 288 g/mol. The van der Waals surface area contributed by atoms with Gasteiger partial charge in [0.1, 0.15) is 0 Å². The van der Waals surface area contributed by atoms with Crippen molar-refractivity contribution in [3.63, 3.8) is 0 Å². The van der Waals surface area contributed by atoms with Crippen molar-refractivity contribution in [3.05, 3.63) is 51.2 Å². The minimum atomic E-state index is 0.00773. The number of carbonyl (C=O) groups is 1. The third-order valence-corrected chi connectivity index (χ3v) is 4.74. The molecule has 0 spiro atoms. The molecule has 3 nitrogen and oxygen atoms in total. The van der Waals surface area contributed by atoms with Crippen molar-refractivity contribution in [2.75, 3.05) is 12.8 Å². The Bertz CT molecular complexity index is 633. The average Bonchev–Trinajstić information content (AvgIpc) is 2.85. The SMILES string of the molecule is Cc1ccc(C(C)N(C)C(=O)c2cc(N)ccc2C)s1. The standard InChI is InChI=1S/C16H20N2OS/c1-10-5-7-13(17)9-14(10)16(19)18(4)12(3)15-8-6-11(2)20-15/h5-9,12H,17H2,1-4H3. The predicted octanol–water partition coefficient (Wildman–Crippen LogP) is 3.78. The number of aryl methyl sites for hydroxylation is 2. The maximum absolute atomic E-state index is 12.6. The van der Waals surface area contributed by atoms with Gasteiger partial charge in [0.2, 0.25) is 0 Å². The summed E-state index contributed by atoms with van der Waals surface area (Å²) in [5.74, 6) is 0.00773. The number of carbonyl (C=O) groups excluding carboxylic acids is 1. The molecule has 1 atom stereocenters. The number of rotatable bonds is 3. The summed E-state index contributed by atoms with van der Waals surface area (Å²) in [4.78, 5) is 16.8. The van der Waals surface area contributed by atoms with Crippen LogP contribution in [0.15, 0.2) is 30.3 Å². The van der Waals surface area contributed by atoms with Gasteiger partial charge in [-0.2, -0.15) is 0 Å². The molecule has 0 aliphatic rings. The van der Waals surface area contributed by atoms with Gasteiger partial charge in [0.15, 0.2) is 0 Å². The molecule has 0 fully saturated rings. The van der Waals surface area contributed by atoms with Gasteiger partial charge < -0.3 is 10.6 Å². The van der Waals surface area contributed by atoms with Crippen molar-refractivity contribution < 1.29 is 4.79 Å². The van der Waals surface area contributed by atoms with Crippen LogP contribution in [-0.4, -0.2) is 17.9 Å². The second-order valence-electron chi connectivity index (χ2n) is 5.11. The Kier molecular flexibility index (Phi) is 4.14. The van der Waals surface area contributed by atoms with Crippen LogP contribution in [0, 0.1) is 13.8 Å². The van der Waals surface area contributed by atoms with Crippen molar-refractivity contribution in [3.8, 4) is 0 Å². The zero-order chi connectivity index (χ0) is 14.9. The van der Waals surface area contributed by atoms with E-state index in [0.717, 1.165) is 5.56 Å². The fraction of sp³-hybridized carbons (Fsp3) is 0.312. The normalized spacial score (nSPS) is 12.2. The maximum atomic E-state index is 12.6. The number of nitrogens with zero attached hydrogens (tertiary/aromatic N) is 1. The Hall–Kier alpha value is -1.81. The number of anilines is 1. The number of nitrogens with two attached hydrogens (primary N) is 1. The second kappa shape index (κ2) is 5.67. The van der Waals surface area contributed by atoms with Gasteiger partial charge in [-0.3, -0.25) is 4.79 Å². The first-order valence-corrected chi connectivity index (χ1v) is 7.41. The first-order chi connectivity index (χ1) is 9.40. The quantitative estimate of drug-likeness (QED) is 0.874. The van der Waals surface area contributed by atoms with E-state index in [-0.39, 0.29) is 11.9 Å². The molecular weight excluding hydrogens is 268 g/mol. The number of nitrogen functional groups attached to an aromatic ring is 1. The van der Waals surface area contributed by atoms with Crippen LogP contribution < -0.4 is 5.73 Å². The molecule has 1 aromatic heterocycles. The molecule has 1 aromatic carbocycles. The van der Waals surface area contributed by atoms with Crippen LogP contribution in [-0.2, 0) is 0 Å². The van der Waals surface area contributed by atoms with E-state index in [0.29, 0.717) is 11.3 Å². The van der Waals surface area contributed by atoms with Gasteiger partial charge in [0.05, 0.1) is 6.04 Å². The summed E-state index contributed by atoms with van der Waals surface area (Å²) in [6.07, 6.45) is 0. The highest BCUT2D eigenvalue weighted by Gasteiger charge is 2.21. The first-order valence-electron chi connectivity index (χ1n) is 6.59. The molecule has 1 unspecified atom stereocenters. The molecule has 2 aromatic rings. The molecule has 0 saturated heterocycles. The zero-order valence-electron chi connectivity index (χ0n) is 12.3. The van der Waals surface area contributed by atoms with Crippen LogP contribution in [0.2, 0.25) is 0 Å². The number of hydrogen-bond donors (Lipinski definition) is 1. The van der Waals surface area contributed by atoms with E-state index >= 15 is 0 Å². The zero-order valence-corrected chi connectivity index (χ0v) is 13.1. The van der Waals surface area contributed by atoms with Crippen LogP contribution >= 0.6 is 11.3 Å². The molecule has 2 rings (SSSR count). The molecule has 0 aliphatic heterocycles. The summed E-state index contributed by atoms with van der Waals surface area (Å²) < 4.78 is 0. The van der Waals surface area contributed by atoms with E-state index in [9.17, 15) is 4.79 Å². The van der Waals surface area contributed by atoms with Crippen molar-refractivity contribution in [2.24, 2.45) is 0 Å². The summed E-state index contributed by atoms with van der Waals surface area (Å²) in [7, 11) is 1.84. The van der Waals surface area contributed by atoms with Gasteiger partial charge in [-0.25, -0.2) is 0 Å². The molecule has 1 amide bonds. The number of benzene rings is 1. The topological polar surface area (TPSA) is 46.3 Å². The Labute approximate surface area is 124 Å². The van der Waals surface area contributed by atoms with Gasteiger partial charge in [-0.15, -0.1) is 11.3 Å². The maximum Gasteiger partial charge on any atom is 0.254 e. The molecule has 0 saturated carbocycles. The van der Waals surface area contributed by atoms with Crippen LogP contribution in [0.1, 0.15) is 38.6 Å². The Morgan fingerprint density at radius 3 is 2.55 bits per heavy atom. The highest BCUT2D eigenvalue weighted by Crippen LogP contribution is 2.28. The third kappa shape index (κ3) is 2.85.